The first-order valence-electron chi connectivity index (χ1n) is 6.13. The minimum atomic E-state index is -1.14. The van der Waals surface area contributed by atoms with Crippen LogP contribution in [0.1, 0.15) is 37.0 Å². The molecule has 0 saturated carbocycles. The van der Waals surface area contributed by atoms with Gasteiger partial charge in [-0.25, -0.2) is 4.79 Å². The van der Waals surface area contributed by atoms with Crippen LogP contribution in [-0.2, 0) is 0 Å². The summed E-state index contributed by atoms with van der Waals surface area (Å²) >= 11 is 0. The molecule has 1 N–H and O–H groups in total. The van der Waals surface area contributed by atoms with E-state index >= 15 is 0 Å². The molecule has 1 aromatic carbocycles. The van der Waals surface area contributed by atoms with Gasteiger partial charge in [0.05, 0.1) is 10.5 Å². The third-order valence-corrected chi connectivity index (χ3v) is 3.61. The van der Waals surface area contributed by atoms with E-state index in [4.69, 9.17) is 0 Å². The van der Waals surface area contributed by atoms with Crippen molar-refractivity contribution in [3.05, 3.63) is 33.9 Å². The molecule has 6 nitrogen and oxygen atoms in total. The summed E-state index contributed by atoms with van der Waals surface area (Å²) in [5, 5.41) is 20.4. The number of aromatic carboxylic acids is 1. The summed E-state index contributed by atoms with van der Waals surface area (Å²) in [5.74, 6) is -1.14. The van der Waals surface area contributed by atoms with Crippen LogP contribution in [0.25, 0.3) is 0 Å². The molecule has 1 aliphatic rings. The van der Waals surface area contributed by atoms with Crippen molar-refractivity contribution in [1.29, 1.82) is 0 Å². The van der Waals surface area contributed by atoms with Crippen LogP contribution in [-0.4, -0.2) is 28.1 Å². The summed E-state index contributed by atoms with van der Waals surface area (Å²) in [6.45, 7) is 4.59. The minimum Gasteiger partial charge on any atom is -0.478 e. The zero-order valence-electron chi connectivity index (χ0n) is 10.9. The molecule has 1 fully saturated rings. The highest BCUT2D eigenvalue weighted by atomic mass is 16.6. The standard InChI is InChI=1S/C13H16N2O4/c1-13(2)7-4-8-14(13)11-9(12(16)17)5-3-6-10(11)15(18)19/h3,5-6H,4,7-8H2,1-2H3,(H,16,17). The van der Waals surface area contributed by atoms with Crippen molar-refractivity contribution < 1.29 is 14.8 Å². The lowest BCUT2D eigenvalue weighted by Crippen LogP contribution is -2.39. The number of carboxylic acid groups (broad SMARTS) is 1. The van der Waals surface area contributed by atoms with Gasteiger partial charge in [-0.1, -0.05) is 6.07 Å². The second kappa shape index (κ2) is 4.53. The minimum absolute atomic E-state index is 0.0100. The van der Waals surface area contributed by atoms with Gasteiger partial charge >= 0.3 is 5.97 Å². The summed E-state index contributed by atoms with van der Waals surface area (Å²) in [5.41, 5.74) is -0.197. The van der Waals surface area contributed by atoms with Crippen molar-refractivity contribution in [3.63, 3.8) is 0 Å². The molecule has 0 amide bonds. The van der Waals surface area contributed by atoms with E-state index in [0.717, 1.165) is 12.8 Å². The van der Waals surface area contributed by atoms with Gasteiger partial charge in [0.15, 0.2) is 0 Å². The lowest BCUT2D eigenvalue weighted by Gasteiger charge is -2.34. The van der Waals surface area contributed by atoms with Crippen LogP contribution < -0.4 is 4.90 Å². The molecular weight excluding hydrogens is 248 g/mol. The van der Waals surface area contributed by atoms with Crippen molar-refractivity contribution >= 4 is 17.3 Å². The number of hydrogen-bond acceptors (Lipinski definition) is 4. The smallest absolute Gasteiger partial charge is 0.338 e. The van der Waals surface area contributed by atoms with Gasteiger partial charge < -0.3 is 10.0 Å². The molecule has 0 aliphatic carbocycles. The van der Waals surface area contributed by atoms with Crippen LogP contribution in [0.5, 0.6) is 0 Å². The summed E-state index contributed by atoms with van der Waals surface area (Å²) in [6.07, 6.45) is 1.79. The van der Waals surface area contributed by atoms with E-state index in [1.54, 1.807) is 0 Å². The molecule has 0 atom stereocenters. The van der Waals surface area contributed by atoms with Gasteiger partial charge in [-0.2, -0.15) is 0 Å². The van der Waals surface area contributed by atoms with Gasteiger partial charge in [-0.15, -0.1) is 0 Å². The molecule has 0 spiro atoms. The number of para-hydroxylation sites is 1. The van der Waals surface area contributed by atoms with E-state index in [0.29, 0.717) is 6.54 Å². The largest absolute Gasteiger partial charge is 0.478 e. The second-order valence-corrected chi connectivity index (χ2v) is 5.30. The highest BCUT2D eigenvalue weighted by Crippen LogP contribution is 2.40. The average molecular weight is 264 g/mol. The van der Waals surface area contributed by atoms with Gasteiger partial charge in [-0.05, 0) is 32.8 Å². The number of carbonyl (C=O) groups is 1. The molecule has 19 heavy (non-hydrogen) atoms. The Morgan fingerprint density at radius 1 is 1.47 bits per heavy atom. The number of benzene rings is 1. The number of nitrogens with zero attached hydrogens (tertiary/aromatic N) is 2. The topological polar surface area (TPSA) is 83.7 Å². The predicted octanol–water partition coefficient (Wildman–Crippen LogP) is 2.67. The fourth-order valence-corrected chi connectivity index (χ4v) is 2.66. The van der Waals surface area contributed by atoms with E-state index in [1.807, 2.05) is 18.7 Å². The molecule has 1 aromatic rings. The second-order valence-electron chi connectivity index (χ2n) is 5.30. The van der Waals surface area contributed by atoms with E-state index in [2.05, 4.69) is 0 Å². The van der Waals surface area contributed by atoms with Crippen LogP contribution in [0.3, 0.4) is 0 Å². The SMILES string of the molecule is CC1(C)CCCN1c1c(C(=O)O)cccc1[N+](=O)[O-]. The van der Waals surface area contributed by atoms with Gasteiger partial charge in [0.2, 0.25) is 0 Å². The summed E-state index contributed by atoms with van der Waals surface area (Å²) in [7, 11) is 0. The van der Waals surface area contributed by atoms with E-state index in [-0.39, 0.29) is 22.5 Å². The highest BCUT2D eigenvalue weighted by Gasteiger charge is 2.38. The molecule has 1 saturated heterocycles. The fraction of sp³-hybridized carbons (Fsp3) is 0.462. The van der Waals surface area contributed by atoms with Crippen LogP contribution >= 0.6 is 0 Å². The van der Waals surface area contributed by atoms with Crippen LogP contribution in [0.4, 0.5) is 11.4 Å². The Labute approximate surface area is 110 Å². The molecule has 0 aromatic heterocycles. The Bertz CT molecular complexity index is 507. The lowest BCUT2D eigenvalue weighted by atomic mass is 10.00. The zero-order chi connectivity index (χ0) is 14.2. The highest BCUT2D eigenvalue weighted by molar-refractivity contribution is 5.97. The van der Waals surface area contributed by atoms with E-state index in [1.165, 1.54) is 18.2 Å². The van der Waals surface area contributed by atoms with Gasteiger partial charge in [-0.3, -0.25) is 10.1 Å². The Balaban J connectivity index is 2.65. The van der Waals surface area contributed by atoms with Crippen molar-refractivity contribution in [2.24, 2.45) is 0 Å². The van der Waals surface area contributed by atoms with Crippen LogP contribution in [0.15, 0.2) is 18.2 Å². The molecule has 6 heteroatoms. The molecule has 2 rings (SSSR count). The average Bonchev–Trinajstić information content (AvgIpc) is 2.67. The third-order valence-electron chi connectivity index (χ3n) is 3.61. The van der Waals surface area contributed by atoms with Crippen molar-refractivity contribution in [2.45, 2.75) is 32.2 Å². The lowest BCUT2D eigenvalue weighted by molar-refractivity contribution is -0.384. The maximum atomic E-state index is 11.3. The number of nitro groups is 1. The number of hydrogen-bond donors (Lipinski definition) is 1. The maximum absolute atomic E-state index is 11.3. The van der Waals surface area contributed by atoms with Crippen molar-refractivity contribution in [1.82, 2.24) is 0 Å². The van der Waals surface area contributed by atoms with Gasteiger partial charge in [0, 0.05) is 18.2 Å². The van der Waals surface area contributed by atoms with Crippen LogP contribution in [0, 0.1) is 10.1 Å². The van der Waals surface area contributed by atoms with E-state index < -0.39 is 10.9 Å². The van der Waals surface area contributed by atoms with Crippen molar-refractivity contribution in [3.8, 4) is 0 Å². The molecular formula is C13H16N2O4. The summed E-state index contributed by atoms with van der Waals surface area (Å²) in [4.78, 5) is 23.8. The van der Waals surface area contributed by atoms with Crippen molar-refractivity contribution in [2.75, 3.05) is 11.4 Å². The molecule has 0 radical (unpaired) electrons. The Morgan fingerprint density at radius 2 is 2.16 bits per heavy atom. The van der Waals surface area contributed by atoms with Gasteiger partial charge in [0.25, 0.3) is 5.69 Å². The monoisotopic (exact) mass is 264 g/mol. The molecule has 0 unspecified atom stereocenters. The van der Waals surface area contributed by atoms with Gasteiger partial charge in [0.1, 0.15) is 5.69 Å². The zero-order valence-corrected chi connectivity index (χ0v) is 10.9. The Kier molecular flexibility index (Phi) is 3.18. The summed E-state index contributed by atoms with van der Waals surface area (Å²) < 4.78 is 0. The number of rotatable bonds is 3. The predicted molar refractivity (Wildman–Crippen MR) is 70.7 cm³/mol. The number of nitro benzene ring substituents is 1. The first-order chi connectivity index (χ1) is 8.84. The normalized spacial score (nSPS) is 17.5. The summed E-state index contributed by atoms with van der Waals surface area (Å²) in [6, 6.07) is 4.18. The Morgan fingerprint density at radius 3 is 2.63 bits per heavy atom. The number of carboxylic acids is 1. The molecule has 102 valence electrons. The van der Waals surface area contributed by atoms with Crippen LogP contribution in [0.2, 0.25) is 0 Å². The third kappa shape index (κ3) is 2.25. The quantitative estimate of drug-likeness (QED) is 0.670. The molecule has 0 bridgehead atoms. The first-order valence-corrected chi connectivity index (χ1v) is 6.13. The Hall–Kier alpha value is -2.11. The number of anilines is 1. The van der Waals surface area contributed by atoms with E-state index in [9.17, 15) is 20.0 Å². The molecule has 1 heterocycles. The maximum Gasteiger partial charge on any atom is 0.338 e. The first kappa shape index (κ1) is 13.3. The molecule has 1 aliphatic heterocycles. The fourth-order valence-electron chi connectivity index (χ4n) is 2.66.